The van der Waals surface area contributed by atoms with Crippen molar-refractivity contribution in [1.82, 2.24) is 15.0 Å². The van der Waals surface area contributed by atoms with Gasteiger partial charge in [-0.2, -0.15) is 0 Å². The molecule has 3 N–H and O–H groups in total. The monoisotopic (exact) mass is 364 g/mol. The van der Waals surface area contributed by atoms with E-state index in [1.807, 2.05) is 26.2 Å². The minimum absolute atomic E-state index is 0.135. The van der Waals surface area contributed by atoms with Crippen LogP contribution in [0.5, 0.6) is 0 Å². The maximum atomic E-state index is 12.5. The fourth-order valence-corrected chi connectivity index (χ4v) is 4.01. The van der Waals surface area contributed by atoms with Gasteiger partial charge in [0, 0.05) is 18.0 Å². The summed E-state index contributed by atoms with van der Waals surface area (Å²) in [4.78, 5) is 24.0. The van der Waals surface area contributed by atoms with Gasteiger partial charge in [0.1, 0.15) is 15.6 Å². The molecule has 3 heterocycles. The summed E-state index contributed by atoms with van der Waals surface area (Å²) in [5, 5.41) is 7.61. The lowest BCUT2D eigenvalue weighted by atomic mass is 9.87. The highest BCUT2D eigenvalue weighted by molar-refractivity contribution is 7.89. The number of nitrogens with one attached hydrogen (secondary N) is 1. The number of primary sulfonamides is 1. The SMILES string of the molecule is CC(C)(C)c1csc2nc(-c3cncc(S(N)(=O)=O)c3)[nH]c(=O)c12. The number of hydrogen-bond donors (Lipinski definition) is 2. The average Bonchev–Trinajstić information content (AvgIpc) is 2.91. The molecular formula is C15H16N4O3S2. The van der Waals surface area contributed by atoms with Gasteiger partial charge in [0.2, 0.25) is 10.0 Å². The number of sulfonamides is 1. The molecule has 126 valence electrons. The molecule has 0 amide bonds. The van der Waals surface area contributed by atoms with Crippen molar-refractivity contribution in [1.29, 1.82) is 0 Å². The van der Waals surface area contributed by atoms with Crippen molar-refractivity contribution in [3.05, 3.63) is 39.8 Å². The van der Waals surface area contributed by atoms with Crippen LogP contribution in [0.3, 0.4) is 0 Å². The molecule has 9 heteroatoms. The first kappa shape index (κ1) is 16.7. The lowest BCUT2D eigenvalue weighted by molar-refractivity contribution is 0.596. The van der Waals surface area contributed by atoms with Gasteiger partial charge >= 0.3 is 0 Å². The number of hydrogen-bond acceptors (Lipinski definition) is 6. The van der Waals surface area contributed by atoms with Gasteiger partial charge in [-0.15, -0.1) is 11.3 Å². The minimum atomic E-state index is -3.88. The zero-order valence-corrected chi connectivity index (χ0v) is 15.0. The van der Waals surface area contributed by atoms with E-state index in [1.165, 1.54) is 23.6 Å². The summed E-state index contributed by atoms with van der Waals surface area (Å²) in [7, 11) is -3.88. The molecule has 0 bridgehead atoms. The van der Waals surface area contributed by atoms with Crippen LogP contribution in [0.1, 0.15) is 26.3 Å². The van der Waals surface area contributed by atoms with Crippen LogP contribution in [0, 0.1) is 0 Å². The molecule has 3 aromatic heterocycles. The van der Waals surface area contributed by atoms with Gasteiger partial charge in [0.05, 0.1) is 5.39 Å². The predicted octanol–water partition coefficient (Wildman–Crippen LogP) is 1.99. The number of thiophene rings is 1. The topological polar surface area (TPSA) is 119 Å². The van der Waals surface area contributed by atoms with E-state index in [-0.39, 0.29) is 21.7 Å². The fourth-order valence-electron chi connectivity index (χ4n) is 2.34. The standard InChI is InChI=1S/C15H16N4O3S2/c1-15(2,3)10-7-23-14-11(10)13(20)18-12(19-14)8-4-9(6-17-5-8)24(16,21)22/h4-7H,1-3H3,(H2,16,21,22)(H,18,19,20). The molecule has 3 rings (SSSR count). The van der Waals surface area contributed by atoms with E-state index in [4.69, 9.17) is 5.14 Å². The lowest BCUT2D eigenvalue weighted by Gasteiger charge is -2.16. The van der Waals surface area contributed by atoms with Crippen LogP contribution in [0.25, 0.3) is 21.6 Å². The third-order valence-electron chi connectivity index (χ3n) is 3.57. The number of pyridine rings is 1. The Kier molecular flexibility index (Phi) is 3.82. The fraction of sp³-hybridized carbons (Fsp3) is 0.267. The van der Waals surface area contributed by atoms with Crippen molar-refractivity contribution < 1.29 is 8.42 Å². The zero-order valence-electron chi connectivity index (χ0n) is 13.3. The molecule has 0 aromatic carbocycles. The quantitative estimate of drug-likeness (QED) is 0.721. The third kappa shape index (κ3) is 2.97. The van der Waals surface area contributed by atoms with E-state index in [2.05, 4.69) is 15.0 Å². The zero-order chi connectivity index (χ0) is 17.7. The van der Waals surface area contributed by atoms with Gasteiger partial charge < -0.3 is 4.98 Å². The summed E-state index contributed by atoms with van der Waals surface area (Å²) in [5.41, 5.74) is 0.872. The van der Waals surface area contributed by atoms with Crippen LogP contribution in [0.2, 0.25) is 0 Å². The van der Waals surface area contributed by atoms with Crippen LogP contribution in [-0.2, 0) is 15.4 Å². The highest BCUT2D eigenvalue weighted by Gasteiger charge is 2.22. The summed E-state index contributed by atoms with van der Waals surface area (Å²) < 4.78 is 22.9. The molecule has 0 radical (unpaired) electrons. The van der Waals surface area contributed by atoms with Gasteiger partial charge in [0.15, 0.2) is 0 Å². The molecule has 0 spiro atoms. The number of aromatic nitrogens is 3. The number of fused-ring (bicyclic) bond motifs is 1. The van der Waals surface area contributed by atoms with Gasteiger partial charge in [-0.05, 0) is 22.4 Å². The normalized spacial score (nSPS) is 12.7. The smallest absolute Gasteiger partial charge is 0.260 e. The van der Waals surface area contributed by atoms with E-state index >= 15 is 0 Å². The Morgan fingerprint density at radius 1 is 1.25 bits per heavy atom. The molecule has 0 saturated carbocycles. The number of aromatic amines is 1. The summed E-state index contributed by atoms with van der Waals surface area (Å²) in [5.74, 6) is 0.257. The second-order valence-electron chi connectivity index (χ2n) is 6.45. The van der Waals surface area contributed by atoms with Crippen LogP contribution in [0.15, 0.2) is 33.5 Å². The Morgan fingerprint density at radius 2 is 1.96 bits per heavy atom. The van der Waals surface area contributed by atoms with Crippen LogP contribution in [-0.4, -0.2) is 23.4 Å². The van der Waals surface area contributed by atoms with Crippen LogP contribution in [0.4, 0.5) is 0 Å². The van der Waals surface area contributed by atoms with Crippen molar-refractivity contribution in [3.63, 3.8) is 0 Å². The highest BCUT2D eigenvalue weighted by atomic mass is 32.2. The van der Waals surface area contributed by atoms with Gasteiger partial charge in [0.25, 0.3) is 5.56 Å². The third-order valence-corrected chi connectivity index (χ3v) is 5.32. The van der Waals surface area contributed by atoms with Crippen molar-refractivity contribution >= 4 is 31.6 Å². The molecule has 3 aromatic rings. The first-order valence-corrected chi connectivity index (χ1v) is 9.50. The Bertz CT molecular complexity index is 1090. The molecule has 0 aliphatic heterocycles. The summed E-state index contributed by atoms with van der Waals surface area (Å²) in [6.07, 6.45) is 2.58. The van der Waals surface area contributed by atoms with E-state index in [0.717, 1.165) is 11.8 Å². The first-order valence-electron chi connectivity index (χ1n) is 7.07. The minimum Gasteiger partial charge on any atom is -0.306 e. The van der Waals surface area contributed by atoms with E-state index in [0.29, 0.717) is 15.8 Å². The number of rotatable bonds is 2. The maximum Gasteiger partial charge on any atom is 0.260 e. The number of nitrogens with zero attached hydrogens (tertiary/aromatic N) is 2. The second kappa shape index (κ2) is 5.47. The van der Waals surface area contributed by atoms with Crippen molar-refractivity contribution in [2.24, 2.45) is 5.14 Å². The van der Waals surface area contributed by atoms with Crippen LogP contribution >= 0.6 is 11.3 Å². The molecule has 0 atom stereocenters. The Morgan fingerprint density at radius 3 is 2.58 bits per heavy atom. The molecule has 7 nitrogen and oxygen atoms in total. The van der Waals surface area contributed by atoms with Gasteiger partial charge in [-0.25, -0.2) is 18.5 Å². The summed E-state index contributed by atoms with van der Waals surface area (Å²) in [6, 6.07) is 1.34. The van der Waals surface area contributed by atoms with Crippen molar-refractivity contribution in [2.75, 3.05) is 0 Å². The number of nitrogens with two attached hydrogens (primary N) is 1. The van der Waals surface area contributed by atoms with Crippen molar-refractivity contribution in [2.45, 2.75) is 31.1 Å². The van der Waals surface area contributed by atoms with Crippen LogP contribution < -0.4 is 10.7 Å². The van der Waals surface area contributed by atoms with Gasteiger partial charge in [-0.3, -0.25) is 9.78 Å². The largest absolute Gasteiger partial charge is 0.306 e. The highest BCUT2D eigenvalue weighted by Crippen LogP contribution is 2.32. The van der Waals surface area contributed by atoms with E-state index in [1.54, 1.807) is 0 Å². The Hall–Kier alpha value is -2.10. The molecule has 24 heavy (non-hydrogen) atoms. The second-order valence-corrected chi connectivity index (χ2v) is 8.87. The van der Waals surface area contributed by atoms with Crippen molar-refractivity contribution in [3.8, 4) is 11.4 Å². The Labute approximate surface area is 142 Å². The average molecular weight is 364 g/mol. The molecule has 0 unspecified atom stereocenters. The Balaban J connectivity index is 2.22. The number of H-pyrrole nitrogens is 1. The van der Waals surface area contributed by atoms with E-state index < -0.39 is 10.0 Å². The lowest BCUT2D eigenvalue weighted by Crippen LogP contribution is -2.16. The van der Waals surface area contributed by atoms with Gasteiger partial charge in [-0.1, -0.05) is 20.8 Å². The predicted molar refractivity (Wildman–Crippen MR) is 93.5 cm³/mol. The maximum absolute atomic E-state index is 12.5. The van der Waals surface area contributed by atoms with E-state index in [9.17, 15) is 13.2 Å². The molecular weight excluding hydrogens is 348 g/mol. The summed E-state index contributed by atoms with van der Waals surface area (Å²) in [6.45, 7) is 6.09. The first-order chi connectivity index (χ1) is 11.1. The molecule has 0 saturated heterocycles. The summed E-state index contributed by atoms with van der Waals surface area (Å²) >= 11 is 1.38. The molecule has 0 aliphatic rings. The molecule has 0 fully saturated rings. The molecule has 0 aliphatic carbocycles.